The van der Waals surface area contributed by atoms with Crippen molar-refractivity contribution in [1.82, 2.24) is 0 Å². The summed E-state index contributed by atoms with van der Waals surface area (Å²) >= 11 is 0. The summed E-state index contributed by atoms with van der Waals surface area (Å²) < 4.78 is 22.0. The van der Waals surface area contributed by atoms with E-state index in [-0.39, 0.29) is 12.3 Å². The molecule has 166 valence electrons. The lowest BCUT2D eigenvalue weighted by Crippen LogP contribution is -2.20. The van der Waals surface area contributed by atoms with Crippen LogP contribution in [0, 0.1) is 27.7 Å². The monoisotopic (exact) mass is 435 g/mol. The molecule has 2 aromatic carbocycles. The Labute approximate surface area is 184 Å². The number of hydrogen-bond donors (Lipinski definition) is 1. The molecule has 1 amide bonds. The van der Waals surface area contributed by atoms with Gasteiger partial charge in [-0.25, -0.2) is 4.79 Å². The van der Waals surface area contributed by atoms with Gasteiger partial charge in [0.2, 0.25) is 5.91 Å². The second kappa shape index (κ2) is 8.07. The van der Waals surface area contributed by atoms with Crippen LogP contribution in [0.5, 0.6) is 11.5 Å². The minimum Gasteiger partial charge on any atom is -0.493 e. The van der Waals surface area contributed by atoms with Gasteiger partial charge >= 0.3 is 5.63 Å². The largest absolute Gasteiger partial charge is 0.493 e. The molecule has 0 fully saturated rings. The Hall–Kier alpha value is -3.74. The zero-order chi connectivity index (χ0) is 23.2. The number of aryl methyl sites for hydroxylation is 4. The highest BCUT2D eigenvalue weighted by atomic mass is 16.5. The molecule has 2 aromatic heterocycles. The number of fused-ring (bicyclic) bond motifs is 2. The van der Waals surface area contributed by atoms with Crippen molar-refractivity contribution in [2.75, 3.05) is 19.5 Å². The third-order valence-electron chi connectivity index (χ3n) is 5.95. The Balaban J connectivity index is 1.71. The molecule has 7 heteroatoms. The molecular weight excluding hydrogens is 410 g/mol. The first kappa shape index (κ1) is 21.5. The number of carbonyl (C=O) groups excluding carboxylic acids is 1. The molecule has 0 atom stereocenters. The van der Waals surface area contributed by atoms with Crippen LogP contribution in [0.3, 0.4) is 0 Å². The molecule has 4 aromatic rings. The second-order valence-corrected chi connectivity index (χ2v) is 7.83. The van der Waals surface area contributed by atoms with Gasteiger partial charge < -0.3 is 23.6 Å². The summed E-state index contributed by atoms with van der Waals surface area (Å²) in [6.45, 7) is 7.62. The van der Waals surface area contributed by atoms with Crippen LogP contribution in [-0.4, -0.2) is 20.1 Å². The maximum absolute atomic E-state index is 12.8. The zero-order valence-corrected chi connectivity index (χ0v) is 19.0. The van der Waals surface area contributed by atoms with Gasteiger partial charge in [0.05, 0.1) is 26.2 Å². The SMILES string of the molecule is COc1ccc(NC(=O)Cc2c(C)c3cc4c(C)c(C)oc4c(C)c3oc2=O)cc1OC. The number of methoxy groups -OCH3 is 2. The van der Waals surface area contributed by atoms with E-state index < -0.39 is 5.63 Å². The predicted octanol–water partition coefficient (Wildman–Crippen LogP) is 4.97. The Kier molecular flexibility index (Phi) is 5.42. The average molecular weight is 435 g/mol. The lowest BCUT2D eigenvalue weighted by atomic mass is 9.98. The summed E-state index contributed by atoms with van der Waals surface area (Å²) in [7, 11) is 3.06. The molecular formula is C25H25NO6. The average Bonchev–Trinajstić information content (AvgIpc) is 3.06. The lowest BCUT2D eigenvalue weighted by Gasteiger charge is -2.12. The molecule has 0 radical (unpaired) electrons. The van der Waals surface area contributed by atoms with Crippen LogP contribution >= 0.6 is 0 Å². The molecule has 4 rings (SSSR count). The lowest BCUT2D eigenvalue weighted by molar-refractivity contribution is -0.115. The molecule has 0 aliphatic heterocycles. The number of rotatable bonds is 5. The van der Waals surface area contributed by atoms with E-state index >= 15 is 0 Å². The van der Waals surface area contributed by atoms with Gasteiger partial charge in [-0.2, -0.15) is 0 Å². The standard InChI is InChI=1S/C25H25NO6/c1-12-15(4)31-23-14(3)24-18(10-17(12)23)13(2)19(25(28)32-24)11-22(27)26-16-7-8-20(29-5)21(9-16)30-6/h7-10H,11H2,1-6H3,(H,26,27). The van der Waals surface area contributed by atoms with Gasteiger partial charge in [0.15, 0.2) is 11.5 Å². The van der Waals surface area contributed by atoms with Crippen LogP contribution in [0.2, 0.25) is 0 Å². The van der Waals surface area contributed by atoms with E-state index in [1.807, 2.05) is 33.8 Å². The van der Waals surface area contributed by atoms with Crippen LogP contribution in [0.15, 0.2) is 37.9 Å². The quantitative estimate of drug-likeness (QED) is 0.445. The summed E-state index contributed by atoms with van der Waals surface area (Å²) in [4.78, 5) is 25.5. The predicted molar refractivity (Wildman–Crippen MR) is 123 cm³/mol. The Morgan fingerprint density at radius 1 is 0.875 bits per heavy atom. The molecule has 0 saturated carbocycles. The highest BCUT2D eigenvalue weighted by Gasteiger charge is 2.20. The Bertz CT molecular complexity index is 1430. The number of nitrogens with one attached hydrogen (secondary N) is 1. The first-order valence-electron chi connectivity index (χ1n) is 10.2. The van der Waals surface area contributed by atoms with Crippen molar-refractivity contribution in [3.63, 3.8) is 0 Å². The molecule has 0 unspecified atom stereocenters. The zero-order valence-electron chi connectivity index (χ0n) is 19.0. The Morgan fingerprint density at radius 3 is 2.22 bits per heavy atom. The van der Waals surface area contributed by atoms with Crippen LogP contribution in [0.25, 0.3) is 21.9 Å². The summed E-state index contributed by atoms with van der Waals surface area (Å²) in [5.41, 5.74) is 4.08. The summed E-state index contributed by atoms with van der Waals surface area (Å²) in [6.07, 6.45) is -0.112. The second-order valence-electron chi connectivity index (χ2n) is 7.83. The maximum Gasteiger partial charge on any atom is 0.340 e. The molecule has 7 nitrogen and oxygen atoms in total. The van der Waals surface area contributed by atoms with Gasteiger partial charge in [0.25, 0.3) is 0 Å². The number of carbonyl (C=O) groups is 1. The topological polar surface area (TPSA) is 90.9 Å². The minimum absolute atomic E-state index is 0.112. The molecule has 0 spiro atoms. The Morgan fingerprint density at radius 2 is 1.53 bits per heavy atom. The number of hydrogen-bond acceptors (Lipinski definition) is 6. The fraction of sp³-hybridized carbons (Fsp3) is 0.280. The van der Waals surface area contributed by atoms with E-state index in [4.69, 9.17) is 18.3 Å². The van der Waals surface area contributed by atoms with Gasteiger partial charge in [-0.3, -0.25) is 4.79 Å². The number of furan rings is 1. The van der Waals surface area contributed by atoms with Crippen molar-refractivity contribution >= 4 is 33.5 Å². The summed E-state index contributed by atoms with van der Waals surface area (Å²) in [5, 5.41) is 4.58. The van der Waals surface area contributed by atoms with E-state index in [2.05, 4.69) is 5.32 Å². The first-order chi connectivity index (χ1) is 15.2. The van der Waals surface area contributed by atoms with Crippen LogP contribution < -0.4 is 20.4 Å². The van der Waals surface area contributed by atoms with Crippen molar-refractivity contribution < 1.29 is 23.1 Å². The summed E-state index contributed by atoms with van der Waals surface area (Å²) in [5.74, 6) is 1.55. The van der Waals surface area contributed by atoms with E-state index in [0.717, 1.165) is 33.2 Å². The van der Waals surface area contributed by atoms with Crippen molar-refractivity contribution in [3.8, 4) is 11.5 Å². The van der Waals surface area contributed by atoms with Crippen molar-refractivity contribution in [3.05, 3.63) is 62.7 Å². The fourth-order valence-electron chi connectivity index (χ4n) is 3.98. The van der Waals surface area contributed by atoms with Gasteiger partial charge in [0.1, 0.15) is 16.9 Å². The van der Waals surface area contributed by atoms with E-state index in [1.165, 1.54) is 7.11 Å². The van der Waals surface area contributed by atoms with E-state index in [0.29, 0.717) is 33.9 Å². The van der Waals surface area contributed by atoms with E-state index in [9.17, 15) is 9.59 Å². The number of benzene rings is 2. The molecule has 0 saturated heterocycles. The smallest absolute Gasteiger partial charge is 0.340 e. The molecule has 2 heterocycles. The summed E-state index contributed by atoms with van der Waals surface area (Å²) in [6, 6.07) is 7.04. The van der Waals surface area contributed by atoms with Gasteiger partial charge in [-0.15, -0.1) is 0 Å². The number of ether oxygens (including phenoxy) is 2. The van der Waals surface area contributed by atoms with Crippen LogP contribution in [0.4, 0.5) is 5.69 Å². The molecule has 0 aliphatic rings. The van der Waals surface area contributed by atoms with Crippen LogP contribution in [0.1, 0.15) is 28.0 Å². The fourth-order valence-corrected chi connectivity index (χ4v) is 3.98. The maximum atomic E-state index is 12.8. The van der Waals surface area contributed by atoms with Gasteiger partial charge in [-0.1, -0.05) is 0 Å². The number of anilines is 1. The highest BCUT2D eigenvalue weighted by Crippen LogP contribution is 2.34. The molecule has 0 aliphatic carbocycles. The van der Waals surface area contributed by atoms with E-state index in [1.54, 1.807) is 25.3 Å². The van der Waals surface area contributed by atoms with Gasteiger partial charge in [-0.05, 0) is 57.0 Å². The first-order valence-corrected chi connectivity index (χ1v) is 10.2. The highest BCUT2D eigenvalue weighted by molar-refractivity contribution is 6.01. The molecule has 1 N–H and O–H groups in total. The normalized spacial score (nSPS) is 11.2. The van der Waals surface area contributed by atoms with Crippen molar-refractivity contribution in [2.24, 2.45) is 0 Å². The number of amides is 1. The van der Waals surface area contributed by atoms with Gasteiger partial charge in [0, 0.05) is 28.1 Å². The third-order valence-corrected chi connectivity index (χ3v) is 5.95. The van der Waals surface area contributed by atoms with Crippen molar-refractivity contribution in [2.45, 2.75) is 34.1 Å². The molecule has 32 heavy (non-hydrogen) atoms. The van der Waals surface area contributed by atoms with Crippen molar-refractivity contribution in [1.29, 1.82) is 0 Å². The molecule has 0 bridgehead atoms. The van der Waals surface area contributed by atoms with Crippen LogP contribution in [-0.2, 0) is 11.2 Å². The third kappa shape index (κ3) is 3.49. The minimum atomic E-state index is -0.528.